The average molecular weight is 233 g/mol. The Bertz CT molecular complexity index is 365. The highest BCUT2D eigenvalue weighted by atomic mass is 15.2. The zero-order valence-electron chi connectivity index (χ0n) is 10.6. The molecule has 92 valence electrons. The fourth-order valence-electron chi connectivity index (χ4n) is 1.49. The van der Waals surface area contributed by atoms with E-state index in [0.717, 1.165) is 24.6 Å². The van der Waals surface area contributed by atoms with Crippen LogP contribution in [0.15, 0.2) is 12.4 Å². The van der Waals surface area contributed by atoms with Gasteiger partial charge in [0, 0.05) is 32.6 Å². The van der Waals surface area contributed by atoms with E-state index in [1.54, 1.807) is 12.4 Å². The molecule has 1 aromatic rings. The second-order valence-electron chi connectivity index (χ2n) is 4.12. The molecule has 1 heterocycles. The van der Waals surface area contributed by atoms with Crippen LogP contribution in [-0.4, -0.2) is 34.5 Å². The lowest BCUT2D eigenvalue weighted by atomic mass is 10.2. The van der Waals surface area contributed by atoms with Gasteiger partial charge in [-0.3, -0.25) is 9.88 Å². The molecule has 0 unspecified atom stereocenters. The highest BCUT2D eigenvalue weighted by molar-refractivity contribution is 5.29. The van der Waals surface area contributed by atoms with E-state index < -0.39 is 0 Å². The Labute approximate surface area is 102 Å². The van der Waals surface area contributed by atoms with Gasteiger partial charge in [0.2, 0.25) is 0 Å². The molecule has 5 nitrogen and oxygen atoms in total. The van der Waals surface area contributed by atoms with E-state index in [4.69, 9.17) is 5.26 Å². The summed E-state index contributed by atoms with van der Waals surface area (Å²) in [6.07, 6.45) is 4.03. The fraction of sp³-hybridized carbons (Fsp3) is 0.583. The number of hydrogen-bond donors (Lipinski definition) is 1. The van der Waals surface area contributed by atoms with Crippen molar-refractivity contribution in [2.75, 3.05) is 18.9 Å². The molecule has 0 aromatic carbocycles. The summed E-state index contributed by atoms with van der Waals surface area (Å²) in [5, 5.41) is 11.6. The van der Waals surface area contributed by atoms with Gasteiger partial charge in [-0.1, -0.05) is 0 Å². The van der Waals surface area contributed by atoms with Gasteiger partial charge in [-0.2, -0.15) is 5.26 Å². The van der Waals surface area contributed by atoms with Crippen molar-refractivity contribution in [2.24, 2.45) is 0 Å². The van der Waals surface area contributed by atoms with Gasteiger partial charge in [-0.05, 0) is 13.8 Å². The highest BCUT2D eigenvalue weighted by Crippen LogP contribution is 2.07. The Kier molecular flexibility index (Phi) is 5.37. The molecule has 0 bridgehead atoms. The van der Waals surface area contributed by atoms with Crippen LogP contribution in [0.5, 0.6) is 0 Å². The second-order valence-corrected chi connectivity index (χ2v) is 4.12. The largest absolute Gasteiger partial charge is 0.372 e. The molecule has 1 N–H and O–H groups in total. The van der Waals surface area contributed by atoms with E-state index in [-0.39, 0.29) is 0 Å². The van der Waals surface area contributed by atoms with Gasteiger partial charge in [0.25, 0.3) is 0 Å². The lowest BCUT2D eigenvalue weighted by molar-refractivity contribution is 0.215. The Morgan fingerprint density at radius 1 is 1.41 bits per heavy atom. The third kappa shape index (κ3) is 4.37. The molecule has 0 saturated carbocycles. The van der Waals surface area contributed by atoms with Gasteiger partial charge in [-0.15, -0.1) is 0 Å². The monoisotopic (exact) mass is 233 g/mol. The summed E-state index contributed by atoms with van der Waals surface area (Å²) in [5.74, 6) is 0.766. The predicted octanol–water partition coefficient (Wildman–Crippen LogP) is 1.64. The summed E-state index contributed by atoms with van der Waals surface area (Å²) >= 11 is 0. The molecule has 0 aliphatic heterocycles. The van der Waals surface area contributed by atoms with Crippen LogP contribution >= 0.6 is 0 Å². The van der Waals surface area contributed by atoms with Crippen LogP contribution in [0, 0.1) is 11.3 Å². The van der Waals surface area contributed by atoms with Gasteiger partial charge >= 0.3 is 0 Å². The molecule has 0 aliphatic carbocycles. The number of nitrogens with zero attached hydrogens (tertiary/aromatic N) is 4. The first-order chi connectivity index (χ1) is 8.17. The maximum Gasteiger partial charge on any atom is 0.144 e. The normalized spacial score (nSPS) is 10.6. The lowest BCUT2D eigenvalue weighted by Gasteiger charge is -2.24. The number of nitriles is 1. The van der Waals surface area contributed by atoms with Crippen molar-refractivity contribution in [2.45, 2.75) is 32.9 Å². The van der Waals surface area contributed by atoms with Crippen LogP contribution in [-0.2, 0) is 6.54 Å². The smallest absolute Gasteiger partial charge is 0.144 e. The quantitative estimate of drug-likeness (QED) is 0.809. The number of hydrogen-bond acceptors (Lipinski definition) is 5. The molecule has 0 aliphatic rings. The van der Waals surface area contributed by atoms with E-state index in [1.165, 1.54) is 0 Å². The second kappa shape index (κ2) is 6.81. The van der Waals surface area contributed by atoms with Crippen molar-refractivity contribution in [3.63, 3.8) is 0 Å². The van der Waals surface area contributed by atoms with Crippen LogP contribution in [0.3, 0.4) is 0 Å². The third-order valence-corrected chi connectivity index (χ3v) is 2.57. The Morgan fingerprint density at radius 2 is 2.18 bits per heavy atom. The Balaban J connectivity index is 2.62. The zero-order chi connectivity index (χ0) is 12.7. The molecule has 0 spiro atoms. The molecule has 0 atom stereocenters. The van der Waals surface area contributed by atoms with E-state index in [2.05, 4.69) is 40.1 Å². The van der Waals surface area contributed by atoms with Crippen LogP contribution in [0.4, 0.5) is 5.82 Å². The molecule has 1 rings (SSSR count). The molecule has 1 aromatic heterocycles. The Morgan fingerprint density at radius 3 is 2.65 bits per heavy atom. The van der Waals surface area contributed by atoms with E-state index >= 15 is 0 Å². The molecular formula is C12H19N5. The Hall–Kier alpha value is -1.67. The first kappa shape index (κ1) is 13.4. The summed E-state index contributed by atoms with van der Waals surface area (Å²) in [7, 11) is 1.82. The number of nitrogens with one attached hydrogen (secondary N) is 1. The summed E-state index contributed by atoms with van der Waals surface area (Å²) < 4.78 is 0. The summed E-state index contributed by atoms with van der Waals surface area (Å²) in [5.41, 5.74) is 0.927. The van der Waals surface area contributed by atoms with Gasteiger partial charge < -0.3 is 5.32 Å². The maximum atomic E-state index is 8.62. The van der Waals surface area contributed by atoms with Gasteiger partial charge in [-0.25, -0.2) is 4.98 Å². The third-order valence-electron chi connectivity index (χ3n) is 2.57. The first-order valence-electron chi connectivity index (χ1n) is 5.77. The summed E-state index contributed by atoms with van der Waals surface area (Å²) in [6, 6.07) is 2.57. The number of rotatable bonds is 6. The molecule has 0 saturated heterocycles. The predicted molar refractivity (Wildman–Crippen MR) is 67.4 cm³/mol. The molecule has 0 radical (unpaired) electrons. The molecule has 0 amide bonds. The van der Waals surface area contributed by atoms with Crippen molar-refractivity contribution in [1.82, 2.24) is 14.9 Å². The summed E-state index contributed by atoms with van der Waals surface area (Å²) in [6.45, 7) is 5.74. The highest BCUT2D eigenvalue weighted by Gasteiger charge is 2.10. The zero-order valence-corrected chi connectivity index (χ0v) is 10.6. The minimum atomic E-state index is 0.397. The number of anilines is 1. The molecule has 5 heteroatoms. The van der Waals surface area contributed by atoms with Crippen LogP contribution in [0.2, 0.25) is 0 Å². The van der Waals surface area contributed by atoms with Gasteiger partial charge in [0.05, 0.1) is 24.2 Å². The number of aromatic nitrogens is 2. The fourth-order valence-corrected chi connectivity index (χ4v) is 1.49. The van der Waals surface area contributed by atoms with Crippen molar-refractivity contribution in [3.05, 3.63) is 18.1 Å². The minimum Gasteiger partial charge on any atom is -0.372 e. The average Bonchev–Trinajstić information content (AvgIpc) is 2.35. The lowest BCUT2D eigenvalue weighted by Crippen LogP contribution is -2.31. The molecule has 17 heavy (non-hydrogen) atoms. The summed E-state index contributed by atoms with van der Waals surface area (Å²) in [4.78, 5) is 10.8. The van der Waals surface area contributed by atoms with Gasteiger partial charge in [0.1, 0.15) is 5.82 Å². The molecule has 0 fully saturated rings. The van der Waals surface area contributed by atoms with E-state index in [0.29, 0.717) is 12.5 Å². The van der Waals surface area contributed by atoms with Crippen LogP contribution in [0.25, 0.3) is 0 Å². The van der Waals surface area contributed by atoms with E-state index in [1.807, 2.05) is 7.05 Å². The van der Waals surface area contributed by atoms with Crippen LogP contribution < -0.4 is 5.32 Å². The first-order valence-corrected chi connectivity index (χ1v) is 5.77. The molecular weight excluding hydrogens is 214 g/mol. The maximum absolute atomic E-state index is 8.62. The minimum absolute atomic E-state index is 0.397. The van der Waals surface area contributed by atoms with E-state index in [9.17, 15) is 0 Å². The van der Waals surface area contributed by atoms with Crippen molar-refractivity contribution < 1.29 is 0 Å². The van der Waals surface area contributed by atoms with Gasteiger partial charge in [0.15, 0.2) is 0 Å². The van der Waals surface area contributed by atoms with Crippen molar-refractivity contribution in [3.8, 4) is 6.07 Å². The van der Waals surface area contributed by atoms with Crippen molar-refractivity contribution >= 4 is 5.82 Å². The standard InChI is InChI=1S/C12H19N5/c1-10(2)17(6-4-5-13)9-11-7-16-12(14-3)8-15-11/h7-8,10H,4,6,9H2,1-3H3,(H,14,16). The topological polar surface area (TPSA) is 64.8 Å². The SMILES string of the molecule is CNc1cnc(CN(CCC#N)C(C)C)cn1. The van der Waals surface area contributed by atoms with Crippen LogP contribution in [0.1, 0.15) is 26.0 Å². The van der Waals surface area contributed by atoms with Crippen molar-refractivity contribution in [1.29, 1.82) is 5.26 Å².